The first-order valence-corrected chi connectivity index (χ1v) is 15.1. The zero-order valence-corrected chi connectivity index (χ0v) is 25.6. The predicted molar refractivity (Wildman–Crippen MR) is 169 cm³/mol. The average molecular weight is 683 g/mol. The number of ether oxygens (including phenoxy) is 2. The molecule has 4 aromatic rings. The summed E-state index contributed by atoms with van der Waals surface area (Å²) in [6, 6.07) is 31.5. The third-order valence-corrected chi connectivity index (χ3v) is 8.03. The third kappa shape index (κ3) is 7.91. The summed E-state index contributed by atoms with van der Waals surface area (Å²) >= 11 is 3.55. The van der Waals surface area contributed by atoms with Crippen molar-refractivity contribution in [1.29, 1.82) is 0 Å². The molecule has 4 aromatic carbocycles. The van der Waals surface area contributed by atoms with Crippen LogP contribution in [0.25, 0.3) is 11.1 Å². The molecule has 0 aromatic heterocycles. The summed E-state index contributed by atoms with van der Waals surface area (Å²) < 4.78 is 51.9. The van der Waals surface area contributed by atoms with Crippen molar-refractivity contribution in [2.45, 2.75) is 30.7 Å². The first kappa shape index (κ1) is 32.2. The highest BCUT2D eigenvalue weighted by molar-refractivity contribution is 9.10. The molecule has 0 fully saturated rings. The number of nitrogens with one attached hydrogen (secondary N) is 2. The molecule has 7 nitrogen and oxygen atoms in total. The highest BCUT2D eigenvalue weighted by Gasteiger charge is 2.53. The number of hydrogen-bond donors (Lipinski definition) is 3. The molecule has 0 spiro atoms. The largest absolute Gasteiger partial charge is 0.494 e. The van der Waals surface area contributed by atoms with Crippen molar-refractivity contribution in [3.8, 4) is 16.9 Å². The fourth-order valence-electron chi connectivity index (χ4n) is 5.03. The smallest absolute Gasteiger partial charge is 0.402 e. The van der Waals surface area contributed by atoms with E-state index in [-0.39, 0.29) is 18.9 Å². The number of aliphatic imine (C=N–C) groups is 1. The van der Waals surface area contributed by atoms with E-state index in [1.165, 1.54) is 0 Å². The Morgan fingerprint density at radius 2 is 1.56 bits per heavy atom. The quantitative estimate of drug-likeness (QED) is 0.116. The summed E-state index contributed by atoms with van der Waals surface area (Å²) in [4.78, 5) is 18.9. The van der Waals surface area contributed by atoms with Gasteiger partial charge in [0, 0.05) is 29.5 Å². The predicted octanol–water partition coefficient (Wildman–Crippen LogP) is 6.56. The number of carbonyl (C=O) groups is 1. The molecule has 3 N–H and O–H groups in total. The minimum atomic E-state index is -4.54. The molecule has 45 heavy (non-hydrogen) atoms. The van der Waals surface area contributed by atoms with Crippen molar-refractivity contribution in [2.75, 3.05) is 19.8 Å². The van der Waals surface area contributed by atoms with E-state index in [4.69, 9.17) is 19.6 Å². The minimum Gasteiger partial charge on any atom is -0.494 e. The van der Waals surface area contributed by atoms with E-state index in [1.807, 2.05) is 84.3 Å². The van der Waals surface area contributed by atoms with Gasteiger partial charge in [0.15, 0.2) is 11.6 Å². The van der Waals surface area contributed by atoms with E-state index in [0.29, 0.717) is 34.4 Å². The molecule has 1 aliphatic rings. The number of hydrazine groups is 1. The van der Waals surface area contributed by atoms with E-state index in [2.05, 4.69) is 21.4 Å². The number of aliphatic hydroxyl groups excluding tert-OH is 1. The number of nitrogens with zero attached hydrogens (tertiary/aromatic N) is 1. The highest BCUT2D eigenvalue weighted by atomic mass is 79.9. The second-order valence-corrected chi connectivity index (χ2v) is 11.3. The van der Waals surface area contributed by atoms with Crippen molar-refractivity contribution in [3.63, 3.8) is 0 Å². The van der Waals surface area contributed by atoms with Gasteiger partial charge in [-0.1, -0.05) is 88.7 Å². The molecule has 5 rings (SSSR count). The molecular formula is C34H31BrF3N3O4. The van der Waals surface area contributed by atoms with Gasteiger partial charge in [-0.05, 0) is 52.6 Å². The molecule has 0 unspecified atom stereocenters. The van der Waals surface area contributed by atoms with Gasteiger partial charge in [0.2, 0.25) is 5.90 Å². The van der Waals surface area contributed by atoms with E-state index in [0.717, 1.165) is 16.7 Å². The Kier molecular flexibility index (Phi) is 10.2. The number of benzene rings is 4. The van der Waals surface area contributed by atoms with Gasteiger partial charge >= 0.3 is 6.18 Å². The SMILES string of the molecule is O=C(NNCC(F)(F)F)[C@@]1(Cc2ccccc2Br)N=C(c2ccc(OCCCO)cc2)O[C@H]1c1ccc(-c2ccccc2)cc1. The molecule has 0 aliphatic carbocycles. The Labute approximate surface area is 267 Å². The zero-order chi connectivity index (χ0) is 31.9. The Morgan fingerprint density at radius 1 is 0.911 bits per heavy atom. The topological polar surface area (TPSA) is 92.2 Å². The Bertz CT molecular complexity index is 1620. The van der Waals surface area contributed by atoms with Crippen LogP contribution in [0.1, 0.15) is 29.2 Å². The van der Waals surface area contributed by atoms with Gasteiger partial charge in [-0.15, -0.1) is 0 Å². The van der Waals surface area contributed by atoms with Crippen molar-refractivity contribution in [3.05, 3.63) is 124 Å². The number of carbonyl (C=O) groups excluding carboxylic acids is 1. The van der Waals surface area contributed by atoms with Gasteiger partial charge in [-0.2, -0.15) is 13.2 Å². The molecular weight excluding hydrogens is 651 g/mol. The molecule has 0 radical (unpaired) electrons. The number of alkyl halides is 3. The number of aliphatic hydroxyl groups is 1. The van der Waals surface area contributed by atoms with Gasteiger partial charge in [0.1, 0.15) is 12.3 Å². The number of hydrogen-bond acceptors (Lipinski definition) is 6. The standard InChI is InChI=1S/C34H31BrF3N3O4/c35-29-10-5-4-9-27(29)21-33(32(43)41-39-22-34(36,37)38)30(25-13-11-24(12-14-25)23-7-2-1-3-8-23)45-31(40-33)26-15-17-28(18-16-26)44-20-6-19-42/h1-5,7-18,30,39,42H,6,19-22H2,(H,41,43)/t30-,33-/m0/s1. The van der Waals surface area contributed by atoms with Crippen LogP contribution < -0.4 is 15.6 Å². The average Bonchev–Trinajstić information content (AvgIpc) is 3.43. The Balaban J connectivity index is 1.56. The summed E-state index contributed by atoms with van der Waals surface area (Å²) in [6.07, 6.45) is -5.03. The van der Waals surface area contributed by atoms with E-state index in [1.54, 1.807) is 24.3 Å². The maximum Gasteiger partial charge on any atom is 0.402 e. The highest BCUT2D eigenvalue weighted by Crippen LogP contribution is 2.43. The second kappa shape index (κ2) is 14.3. The van der Waals surface area contributed by atoms with E-state index in [9.17, 15) is 18.0 Å². The van der Waals surface area contributed by atoms with Gasteiger partial charge in [0.05, 0.1) is 6.61 Å². The first-order chi connectivity index (χ1) is 21.7. The molecule has 11 heteroatoms. The molecule has 0 saturated heterocycles. The van der Waals surface area contributed by atoms with Crippen LogP contribution >= 0.6 is 15.9 Å². The van der Waals surface area contributed by atoms with Crippen LogP contribution in [0.3, 0.4) is 0 Å². The molecule has 2 atom stereocenters. The lowest BCUT2D eigenvalue weighted by Gasteiger charge is -2.31. The number of halogens is 4. The zero-order valence-electron chi connectivity index (χ0n) is 24.1. The fraction of sp³-hybridized carbons (Fsp3) is 0.235. The molecule has 0 saturated carbocycles. The van der Waals surface area contributed by atoms with Gasteiger partial charge in [-0.3, -0.25) is 10.2 Å². The molecule has 1 aliphatic heterocycles. The van der Waals surface area contributed by atoms with Crippen molar-refractivity contribution < 1.29 is 32.5 Å². The molecule has 234 valence electrons. The van der Waals surface area contributed by atoms with E-state index >= 15 is 0 Å². The lowest BCUT2D eigenvalue weighted by Crippen LogP contribution is -2.55. The maximum atomic E-state index is 14.0. The van der Waals surface area contributed by atoms with Crippen LogP contribution in [-0.4, -0.2) is 48.4 Å². The minimum absolute atomic E-state index is 0.00987. The van der Waals surface area contributed by atoms with Crippen LogP contribution in [-0.2, 0) is 16.0 Å². The van der Waals surface area contributed by atoms with Crippen molar-refractivity contribution >= 4 is 27.7 Å². The summed E-state index contributed by atoms with van der Waals surface area (Å²) in [5, 5.41) is 9.03. The number of rotatable bonds is 12. The van der Waals surface area contributed by atoms with Crippen molar-refractivity contribution in [2.24, 2.45) is 4.99 Å². The van der Waals surface area contributed by atoms with Gasteiger partial charge in [-0.25, -0.2) is 10.4 Å². The molecule has 0 bridgehead atoms. The summed E-state index contributed by atoms with van der Waals surface area (Å²) in [7, 11) is 0. The maximum absolute atomic E-state index is 14.0. The summed E-state index contributed by atoms with van der Waals surface area (Å²) in [5.74, 6) is -0.0434. The Morgan fingerprint density at radius 3 is 2.22 bits per heavy atom. The van der Waals surface area contributed by atoms with Crippen molar-refractivity contribution in [1.82, 2.24) is 10.9 Å². The lowest BCUT2D eigenvalue weighted by atomic mass is 9.82. The second-order valence-electron chi connectivity index (χ2n) is 10.5. The number of amides is 1. The lowest BCUT2D eigenvalue weighted by molar-refractivity contribution is -0.136. The fourth-order valence-corrected chi connectivity index (χ4v) is 5.45. The van der Waals surface area contributed by atoms with Crippen LogP contribution in [0, 0.1) is 0 Å². The van der Waals surface area contributed by atoms with Crippen LogP contribution in [0.2, 0.25) is 0 Å². The van der Waals surface area contributed by atoms with Crippen LogP contribution in [0.4, 0.5) is 13.2 Å². The monoisotopic (exact) mass is 681 g/mol. The van der Waals surface area contributed by atoms with Gasteiger partial charge in [0.25, 0.3) is 5.91 Å². The van der Waals surface area contributed by atoms with Crippen LogP contribution in [0.15, 0.2) is 113 Å². The first-order valence-electron chi connectivity index (χ1n) is 14.3. The summed E-state index contributed by atoms with van der Waals surface area (Å²) in [6.45, 7) is -1.07. The molecule has 1 heterocycles. The normalized spacial score (nSPS) is 17.8. The van der Waals surface area contributed by atoms with Crippen LogP contribution in [0.5, 0.6) is 5.75 Å². The third-order valence-electron chi connectivity index (χ3n) is 7.26. The van der Waals surface area contributed by atoms with E-state index < -0.39 is 30.3 Å². The Hall–Kier alpha value is -4.19. The molecule has 1 amide bonds. The summed E-state index contributed by atoms with van der Waals surface area (Å²) in [5.41, 5.74) is 6.43. The van der Waals surface area contributed by atoms with Gasteiger partial charge < -0.3 is 14.6 Å².